The maximum absolute atomic E-state index is 5.50. The lowest BCUT2D eigenvalue weighted by atomic mass is 10.1. The zero-order chi connectivity index (χ0) is 11.4. The van der Waals surface area contributed by atoms with Gasteiger partial charge in [0.25, 0.3) is 0 Å². The molecule has 0 aliphatic carbocycles. The zero-order valence-electron chi connectivity index (χ0n) is 9.07. The molecular formula is C12H14BrNO2. The smallest absolute Gasteiger partial charge is 0.139 e. The fraction of sp³-hybridized carbons (Fsp3) is 0.333. The Balaban J connectivity index is 2.25. The Morgan fingerprint density at radius 3 is 2.81 bits per heavy atom. The molecule has 4 heteroatoms. The second-order valence-corrected chi connectivity index (χ2v) is 4.43. The normalized spacial score (nSPS) is 12.9. The fourth-order valence-corrected chi connectivity index (χ4v) is 2.03. The highest BCUT2D eigenvalue weighted by atomic mass is 79.9. The molecule has 1 N–H and O–H groups in total. The molecule has 1 unspecified atom stereocenters. The lowest BCUT2D eigenvalue weighted by Gasteiger charge is -2.15. The van der Waals surface area contributed by atoms with Crippen LogP contribution >= 0.6 is 15.9 Å². The van der Waals surface area contributed by atoms with Crippen LogP contribution in [0.4, 0.5) is 0 Å². The van der Waals surface area contributed by atoms with E-state index in [1.54, 1.807) is 18.8 Å². The average Bonchev–Trinajstić information content (AvgIpc) is 2.91. The van der Waals surface area contributed by atoms with Crippen molar-refractivity contribution < 1.29 is 8.83 Å². The average molecular weight is 284 g/mol. The third kappa shape index (κ3) is 2.39. The van der Waals surface area contributed by atoms with Gasteiger partial charge in [-0.1, -0.05) is 6.92 Å². The third-order valence-corrected chi connectivity index (χ3v) is 3.04. The molecule has 2 rings (SSSR count). The highest BCUT2D eigenvalue weighted by Gasteiger charge is 2.20. The standard InChI is InChI=1S/C12H14BrNO2/c1-2-5-14-11(9-3-6-15-8-9)12-10(13)4-7-16-12/h3-4,6-8,11,14H,2,5H2,1H3. The van der Waals surface area contributed by atoms with E-state index in [0.717, 1.165) is 28.8 Å². The summed E-state index contributed by atoms with van der Waals surface area (Å²) < 4.78 is 11.6. The number of hydrogen-bond acceptors (Lipinski definition) is 3. The van der Waals surface area contributed by atoms with Crippen molar-refractivity contribution in [3.05, 3.63) is 46.7 Å². The van der Waals surface area contributed by atoms with E-state index in [2.05, 4.69) is 28.2 Å². The molecule has 0 fully saturated rings. The third-order valence-electron chi connectivity index (χ3n) is 2.38. The van der Waals surface area contributed by atoms with Crippen LogP contribution in [0.3, 0.4) is 0 Å². The Labute approximate surface area is 103 Å². The number of halogens is 1. The van der Waals surface area contributed by atoms with Crippen LogP contribution in [0.25, 0.3) is 0 Å². The van der Waals surface area contributed by atoms with Gasteiger partial charge in [0, 0.05) is 5.56 Å². The molecule has 2 aromatic heterocycles. The van der Waals surface area contributed by atoms with E-state index in [1.807, 2.05) is 12.1 Å². The predicted octanol–water partition coefficient (Wildman–Crippen LogP) is 3.72. The van der Waals surface area contributed by atoms with Crippen molar-refractivity contribution in [2.75, 3.05) is 6.54 Å². The van der Waals surface area contributed by atoms with Gasteiger partial charge in [0.2, 0.25) is 0 Å². The molecule has 16 heavy (non-hydrogen) atoms. The summed E-state index contributed by atoms with van der Waals surface area (Å²) >= 11 is 3.48. The molecule has 1 atom stereocenters. The second-order valence-electron chi connectivity index (χ2n) is 3.58. The lowest BCUT2D eigenvalue weighted by Crippen LogP contribution is -2.22. The highest BCUT2D eigenvalue weighted by Crippen LogP contribution is 2.29. The number of rotatable bonds is 5. The Morgan fingerprint density at radius 2 is 2.25 bits per heavy atom. The number of nitrogens with one attached hydrogen (secondary N) is 1. The molecule has 0 bridgehead atoms. The van der Waals surface area contributed by atoms with Crippen molar-refractivity contribution >= 4 is 15.9 Å². The van der Waals surface area contributed by atoms with E-state index in [-0.39, 0.29) is 6.04 Å². The molecular weight excluding hydrogens is 270 g/mol. The van der Waals surface area contributed by atoms with E-state index in [9.17, 15) is 0 Å². The monoisotopic (exact) mass is 283 g/mol. The van der Waals surface area contributed by atoms with E-state index in [0.29, 0.717) is 0 Å². The summed E-state index contributed by atoms with van der Waals surface area (Å²) in [5.74, 6) is 0.884. The van der Waals surface area contributed by atoms with Crippen LogP contribution in [0.2, 0.25) is 0 Å². The van der Waals surface area contributed by atoms with Gasteiger partial charge in [-0.05, 0) is 41.0 Å². The Morgan fingerprint density at radius 1 is 1.38 bits per heavy atom. The van der Waals surface area contributed by atoms with Crippen molar-refractivity contribution in [1.82, 2.24) is 5.32 Å². The van der Waals surface area contributed by atoms with Crippen LogP contribution in [0.5, 0.6) is 0 Å². The topological polar surface area (TPSA) is 38.3 Å². The van der Waals surface area contributed by atoms with Crippen molar-refractivity contribution in [1.29, 1.82) is 0 Å². The summed E-state index contributed by atoms with van der Waals surface area (Å²) in [4.78, 5) is 0. The van der Waals surface area contributed by atoms with Crippen molar-refractivity contribution in [3.8, 4) is 0 Å². The summed E-state index contributed by atoms with van der Waals surface area (Å²) in [6.07, 6.45) is 6.17. The summed E-state index contributed by atoms with van der Waals surface area (Å²) in [6, 6.07) is 3.89. The minimum atomic E-state index is 0.0445. The predicted molar refractivity (Wildman–Crippen MR) is 65.3 cm³/mol. The van der Waals surface area contributed by atoms with E-state index < -0.39 is 0 Å². The summed E-state index contributed by atoms with van der Waals surface area (Å²) in [5, 5.41) is 3.43. The minimum absolute atomic E-state index is 0.0445. The van der Waals surface area contributed by atoms with Gasteiger partial charge in [-0.2, -0.15) is 0 Å². The molecule has 3 nitrogen and oxygen atoms in total. The molecule has 0 aliphatic rings. The van der Waals surface area contributed by atoms with Gasteiger partial charge < -0.3 is 14.2 Å². The molecule has 0 saturated carbocycles. The van der Waals surface area contributed by atoms with Gasteiger partial charge in [0.1, 0.15) is 5.76 Å². The molecule has 0 spiro atoms. The van der Waals surface area contributed by atoms with Crippen LogP contribution in [0.15, 0.2) is 44.2 Å². The van der Waals surface area contributed by atoms with Crippen LogP contribution < -0.4 is 5.32 Å². The molecule has 0 aromatic carbocycles. The van der Waals surface area contributed by atoms with Crippen molar-refractivity contribution in [3.63, 3.8) is 0 Å². The maximum Gasteiger partial charge on any atom is 0.139 e. The highest BCUT2D eigenvalue weighted by molar-refractivity contribution is 9.10. The summed E-state index contributed by atoms with van der Waals surface area (Å²) in [6.45, 7) is 3.07. The number of furan rings is 2. The SMILES string of the molecule is CCCNC(c1ccoc1)c1occc1Br. The van der Waals surface area contributed by atoms with E-state index >= 15 is 0 Å². The quantitative estimate of drug-likeness (QED) is 0.909. The second kappa shape index (κ2) is 5.37. The summed E-state index contributed by atoms with van der Waals surface area (Å²) in [5.41, 5.74) is 1.07. The van der Waals surface area contributed by atoms with Gasteiger partial charge in [0.05, 0.1) is 29.3 Å². The Bertz CT molecular complexity index is 422. The Kier molecular flexibility index (Phi) is 3.85. The van der Waals surface area contributed by atoms with Crippen molar-refractivity contribution in [2.45, 2.75) is 19.4 Å². The van der Waals surface area contributed by atoms with Gasteiger partial charge in [-0.3, -0.25) is 0 Å². The first kappa shape index (κ1) is 11.5. The van der Waals surface area contributed by atoms with Gasteiger partial charge in [0.15, 0.2) is 0 Å². The number of hydrogen-bond donors (Lipinski definition) is 1. The van der Waals surface area contributed by atoms with Crippen LogP contribution in [-0.2, 0) is 0 Å². The maximum atomic E-state index is 5.50. The van der Waals surface area contributed by atoms with Crippen LogP contribution in [-0.4, -0.2) is 6.54 Å². The molecule has 2 heterocycles. The van der Waals surface area contributed by atoms with Crippen LogP contribution in [0.1, 0.15) is 30.7 Å². The van der Waals surface area contributed by atoms with Gasteiger partial charge in [-0.25, -0.2) is 0 Å². The lowest BCUT2D eigenvalue weighted by molar-refractivity contribution is 0.441. The molecule has 0 amide bonds. The minimum Gasteiger partial charge on any atom is -0.472 e. The first-order valence-corrected chi connectivity index (χ1v) is 6.10. The van der Waals surface area contributed by atoms with Crippen molar-refractivity contribution in [2.24, 2.45) is 0 Å². The molecule has 2 aromatic rings. The molecule has 0 saturated heterocycles. The molecule has 86 valence electrons. The first-order chi connectivity index (χ1) is 7.83. The molecule has 0 aliphatic heterocycles. The van der Waals surface area contributed by atoms with Crippen LogP contribution in [0, 0.1) is 0 Å². The molecule has 0 radical (unpaired) electrons. The summed E-state index contributed by atoms with van der Waals surface area (Å²) in [7, 11) is 0. The van der Waals surface area contributed by atoms with E-state index in [1.165, 1.54) is 0 Å². The Hall–Kier alpha value is -1.00. The fourth-order valence-electron chi connectivity index (χ4n) is 1.60. The first-order valence-electron chi connectivity index (χ1n) is 5.31. The van der Waals surface area contributed by atoms with Gasteiger partial charge in [-0.15, -0.1) is 0 Å². The largest absolute Gasteiger partial charge is 0.472 e. The van der Waals surface area contributed by atoms with E-state index in [4.69, 9.17) is 8.83 Å². The zero-order valence-corrected chi connectivity index (χ0v) is 10.7. The van der Waals surface area contributed by atoms with Gasteiger partial charge >= 0.3 is 0 Å².